The van der Waals surface area contributed by atoms with Gasteiger partial charge >= 0.3 is 12.1 Å². The summed E-state index contributed by atoms with van der Waals surface area (Å²) < 4.78 is 72.7. The van der Waals surface area contributed by atoms with Gasteiger partial charge in [-0.1, -0.05) is 23.8 Å². The van der Waals surface area contributed by atoms with Gasteiger partial charge in [-0.05, 0) is 44.5 Å². The molecule has 7 nitrogen and oxygen atoms in total. The number of sulfonamides is 1. The average molecular weight is 498 g/mol. The number of piperazine rings is 1. The molecule has 1 saturated heterocycles. The fourth-order valence-corrected chi connectivity index (χ4v) is 6.23. The number of anilines is 2. The van der Waals surface area contributed by atoms with Crippen LogP contribution in [-0.4, -0.2) is 52.5 Å². The zero-order valence-corrected chi connectivity index (χ0v) is 19.7. The van der Waals surface area contributed by atoms with Crippen LogP contribution in [0, 0.1) is 6.92 Å². The Morgan fingerprint density at radius 3 is 2.29 bits per heavy atom. The lowest BCUT2D eigenvalue weighted by molar-refractivity contribution is -0.212. The lowest BCUT2D eigenvalue weighted by Crippen LogP contribution is -2.56. The molecule has 34 heavy (non-hydrogen) atoms. The summed E-state index contributed by atoms with van der Waals surface area (Å²) in [5.74, 6) is -2.43. The first-order chi connectivity index (χ1) is 15.9. The summed E-state index contributed by atoms with van der Waals surface area (Å²) in [5, 5.41) is 3.26. The maximum atomic E-state index is 13.8. The van der Waals surface area contributed by atoms with Gasteiger partial charge in [-0.2, -0.15) is 13.2 Å². The molecule has 0 spiro atoms. The van der Waals surface area contributed by atoms with Gasteiger partial charge in [-0.25, -0.2) is 17.5 Å². The standard InChI is InChI=1S/C23H26F3N3O4S/c1-16-6-8-17(9-7-16)34(31,32)29-20-5-3-4-19(28-14-12-27-13-15-28)18(20)10-11-22(29,2)33-21(30)23(24,25)26/h3-9,27H,10-15H2,1-2H3. The third kappa shape index (κ3) is 4.46. The summed E-state index contributed by atoms with van der Waals surface area (Å²) in [5.41, 5.74) is 0.490. The van der Waals surface area contributed by atoms with E-state index in [4.69, 9.17) is 4.74 Å². The predicted octanol–water partition coefficient (Wildman–Crippen LogP) is 3.37. The van der Waals surface area contributed by atoms with Crippen LogP contribution >= 0.6 is 0 Å². The van der Waals surface area contributed by atoms with E-state index in [9.17, 15) is 26.4 Å². The molecule has 2 aliphatic heterocycles. The van der Waals surface area contributed by atoms with E-state index in [1.807, 2.05) is 6.07 Å². The monoisotopic (exact) mass is 497 g/mol. The van der Waals surface area contributed by atoms with Crippen molar-refractivity contribution in [2.75, 3.05) is 35.4 Å². The van der Waals surface area contributed by atoms with E-state index >= 15 is 0 Å². The number of rotatable bonds is 4. The summed E-state index contributed by atoms with van der Waals surface area (Å²) in [6.45, 7) is 5.94. The molecule has 11 heteroatoms. The minimum atomic E-state index is -5.26. The number of benzene rings is 2. The highest BCUT2D eigenvalue weighted by atomic mass is 32.2. The van der Waals surface area contributed by atoms with Crippen molar-refractivity contribution in [3.05, 3.63) is 53.6 Å². The van der Waals surface area contributed by atoms with Crippen molar-refractivity contribution in [1.82, 2.24) is 5.32 Å². The van der Waals surface area contributed by atoms with Crippen molar-refractivity contribution in [2.45, 2.75) is 43.5 Å². The number of esters is 1. The van der Waals surface area contributed by atoms with Gasteiger partial charge in [0.25, 0.3) is 10.0 Å². The Hall–Kier alpha value is -2.79. The lowest BCUT2D eigenvalue weighted by Gasteiger charge is -2.46. The van der Waals surface area contributed by atoms with Crippen molar-refractivity contribution < 1.29 is 31.1 Å². The van der Waals surface area contributed by atoms with Crippen molar-refractivity contribution in [3.63, 3.8) is 0 Å². The predicted molar refractivity (Wildman–Crippen MR) is 121 cm³/mol. The van der Waals surface area contributed by atoms with Crippen molar-refractivity contribution >= 4 is 27.4 Å². The van der Waals surface area contributed by atoms with Gasteiger partial charge in [0.05, 0.1) is 10.6 Å². The molecule has 2 heterocycles. The van der Waals surface area contributed by atoms with Crippen LogP contribution in [0.25, 0.3) is 0 Å². The number of ether oxygens (including phenoxy) is 1. The molecule has 1 N–H and O–H groups in total. The normalized spacial score (nSPS) is 21.2. The van der Waals surface area contributed by atoms with E-state index in [0.29, 0.717) is 18.7 Å². The van der Waals surface area contributed by atoms with E-state index in [-0.39, 0.29) is 23.4 Å². The molecule has 1 atom stereocenters. The molecule has 1 fully saturated rings. The number of hydrogen-bond donors (Lipinski definition) is 1. The minimum absolute atomic E-state index is 0.104. The Labute approximate surface area is 196 Å². The maximum Gasteiger partial charge on any atom is 0.491 e. The smallest absolute Gasteiger partial charge is 0.431 e. The molecule has 2 aromatic carbocycles. The molecular weight excluding hydrogens is 471 g/mol. The van der Waals surface area contributed by atoms with Crippen LogP contribution in [0.15, 0.2) is 47.4 Å². The number of fused-ring (bicyclic) bond motifs is 1. The SMILES string of the molecule is Cc1ccc(S(=O)(=O)N2c3cccc(N4CCNCC4)c3CCC2(C)OC(=O)C(F)(F)F)cc1. The van der Waals surface area contributed by atoms with Gasteiger partial charge in [0.2, 0.25) is 0 Å². The largest absolute Gasteiger partial charge is 0.491 e. The highest BCUT2D eigenvalue weighted by molar-refractivity contribution is 7.93. The number of alkyl halides is 3. The highest BCUT2D eigenvalue weighted by Gasteiger charge is 2.52. The molecule has 0 saturated carbocycles. The molecule has 4 rings (SSSR count). The molecular formula is C23H26F3N3O4S. The van der Waals surface area contributed by atoms with Gasteiger partial charge in [-0.3, -0.25) is 0 Å². The molecule has 1 unspecified atom stereocenters. The number of nitrogens with zero attached hydrogens (tertiary/aromatic N) is 2. The fraction of sp³-hybridized carbons (Fsp3) is 0.435. The van der Waals surface area contributed by atoms with Crippen LogP contribution in [0.4, 0.5) is 24.5 Å². The van der Waals surface area contributed by atoms with Crippen LogP contribution in [0.5, 0.6) is 0 Å². The van der Waals surface area contributed by atoms with E-state index < -0.39 is 27.9 Å². The van der Waals surface area contributed by atoms with Gasteiger partial charge in [0, 0.05) is 43.9 Å². The van der Waals surface area contributed by atoms with Gasteiger partial charge in [-0.15, -0.1) is 0 Å². The number of carbonyl (C=O) groups excluding carboxylic acids is 1. The molecule has 184 valence electrons. The number of hydrogen-bond acceptors (Lipinski definition) is 6. The van der Waals surface area contributed by atoms with E-state index in [1.54, 1.807) is 31.2 Å². The molecule has 2 aliphatic rings. The summed E-state index contributed by atoms with van der Waals surface area (Å²) >= 11 is 0. The first-order valence-electron chi connectivity index (χ1n) is 10.9. The van der Waals surface area contributed by atoms with Crippen LogP contribution in [0.3, 0.4) is 0 Å². The molecule has 0 aromatic heterocycles. The van der Waals surface area contributed by atoms with E-state index in [0.717, 1.165) is 28.6 Å². The Bertz CT molecular complexity index is 1180. The van der Waals surface area contributed by atoms with E-state index in [2.05, 4.69) is 10.2 Å². The van der Waals surface area contributed by atoms with Gasteiger partial charge in [0.15, 0.2) is 5.72 Å². The second-order valence-corrected chi connectivity index (χ2v) is 10.4. The third-order valence-electron chi connectivity index (χ3n) is 6.17. The minimum Gasteiger partial charge on any atom is -0.431 e. The summed E-state index contributed by atoms with van der Waals surface area (Å²) in [6, 6.07) is 11.1. The number of carbonyl (C=O) groups is 1. The summed E-state index contributed by atoms with van der Waals surface area (Å²) in [6.07, 6.45) is -5.14. The first-order valence-corrected chi connectivity index (χ1v) is 12.4. The zero-order valence-electron chi connectivity index (χ0n) is 18.9. The van der Waals surface area contributed by atoms with Gasteiger partial charge < -0.3 is 15.0 Å². The molecule has 0 aliphatic carbocycles. The summed E-state index contributed by atoms with van der Waals surface area (Å²) in [7, 11) is -4.38. The lowest BCUT2D eigenvalue weighted by atomic mass is 9.94. The quantitative estimate of drug-likeness (QED) is 0.653. The number of halogens is 3. The van der Waals surface area contributed by atoms with Crippen LogP contribution in [0.2, 0.25) is 0 Å². The number of aryl methyl sites for hydroxylation is 1. The Balaban J connectivity index is 1.87. The number of nitrogens with one attached hydrogen (secondary N) is 1. The molecule has 0 radical (unpaired) electrons. The maximum absolute atomic E-state index is 13.8. The summed E-state index contributed by atoms with van der Waals surface area (Å²) in [4.78, 5) is 13.9. The van der Waals surface area contributed by atoms with E-state index in [1.165, 1.54) is 19.1 Å². The average Bonchev–Trinajstić information content (AvgIpc) is 2.78. The second kappa shape index (κ2) is 8.77. The second-order valence-electron chi connectivity index (χ2n) is 8.66. The molecule has 0 bridgehead atoms. The molecule has 0 amide bonds. The van der Waals surface area contributed by atoms with Crippen molar-refractivity contribution in [1.29, 1.82) is 0 Å². The Kier molecular flexibility index (Phi) is 6.28. The van der Waals surface area contributed by atoms with Crippen LogP contribution in [0.1, 0.15) is 24.5 Å². The van der Waals surface area contributed by atoms with Crippen molar-refractivity contribution in [2.24, 2.45) is 0 Å². The zero-order chi connectivity index (χ0) is 24.7. The van der Waals surface area contributed by atoms with Crippen molar-refractivity contribution in [3.8, 4) is 0 Å². The Morgan fingerprint density at radius 1 is 1.06 bits per heavy atom. The Morgan fingerprint density at radius 2 is 1.68 bits per heavy atom. The first kappa shape index (κ1) is 24.3. The fourth-order valence-electron chi connectivity index (χ4n) is 4.47. The molecule has 2 aromatic rings. The highest BCUT2D eigenvalue weighted by Crippen LogP contribution is 2.45. The van der Waals surface area contributed by atoms with Gasteiger partial charge in [0.1, 0.15) is 0 Å². The van der Waals surface area contributed by atoms with Crippen LogP contribution in [-0.2, 0) is 26.0 Å². The van der Waals surface area contributed by atoms with Crippen LogP contribution < -0.4 is 14.5 Å². The third-order valence-corrected chi connectivity index (χ3v) is 8.11. The topological polar surface area (TPSA) is 79.0 Å².